The Labute approximate surface area is 85.7 Å². The second-order valence-corrected chi connectivity index (χ2v) is 3.10. The molecule has 2 aromatic rings. The average molecular weight is 207 g/mol. The van der Waals surface area contributed by atoms with Crippen LogP contribution in [0.4, 0.5) is 15.8 Å². The average Bonchev–Trinajstić information content (AvgIpc) is 2.24. The van der Waals surface area contributed by atoms with E-state index in [1.54, 1.807) is 0 Å². The topological polar surface area (TPSA) is 74.2 Å². The molecule has 2 rings (SSSR count). The standard InChI is InChI=1S/C10H10FN3O/c1-15-7-3-2-5(11)10-8(7)9(13)6(12)4-14-10/h2-4H,12H2,1H3,(H2,13,14). The highest BCUT2D eigenvalue weighted by Crippen LogP contribution is 2.33. The molecule has 0 aliphatic heterocycles. The molecule has 0 saturated heterocycles. The fourth-order valence-corrected chi connectivity index (χ4v) is 1.45. The van der Waals surface area contributed by atoms with Gasteiger partial charge in [-0.1, -0.05) is 0 Å². The van der Waals surface area contributed by atoms with Gasteiger partial charge in [0, 0.05) is 0 Å². The van der Waals surface area contributed by atoms with Gasteiger partial charge >= 0.3 is 0 Å². The first-order chi connectivity index (χ1) is 7.15. The van der Waals surface area contributed by atoms with E-state index in [4.69, 9.17) is 16.2 Å². The van der Waals surface area contributed by atoms with Crippen molar-refractivity contribution in [1.29, 1.82) is 0 Å². The number of halogens is 1. The number of methoxy groups -OCH3 is 1. The Morgan fingerprint density at radius 2 is 2.07 bits per heavy atom. The molecular weight excluding hydrogens is 197 g/mol. The lowest BCUT2D eigenvalue weighted by molar-refractivity contribution is 0.419. The van der Waals surface area contributed by atoms with Crippen LogP contribution in [-0.4, -0.2) is 12.1 Å². The van der Waals surface area contributed by atoms with Crippen molar-refractivity contribution in [2.45, 2.75) is 0 Å². The quantitative estimate of drug-likeness (QED) is 0.743. The van der Waals surface area contributed by atoms with Crippen molar-refractivity contribution < 1.29 is 9.13 Å². The first kappa shape index (κ1) is 9.51. The number of nitrogen functional groups attached to an aromatic ring is 2. The summed E-state index contributed by atoms with van der Waals surface area (Å²) in [5.74, 6) is 0.0150. The molecule has 4 N–H and O–H groups in total. The maximum Gasteiger partial charge on any atom is 0.149 e. The minimum atomic E-state index is -0.447. The zero-order valence-corrected chi connectivity index (χ0v) is 8.12. The molecule has 0 spiro atoms. The molecule has 0 atom stereocenters. The predicted octanol–water partition coefficient (Wildman–Crippen LogP) is 1.55. The largest absolute Gasteiger partial charge is 0.496 e. The van der Waals surface area contributed by atoms with E-state index in [0.717, 1.165) is 0 Å². The summed E-state index contributed by atoms with van der Waals surface area (Å²) in [5, 5.41) is 0.414. The van der Waals surface area contributed by atoms with Crippen LogP contribution in [0.5, 0.6) is 5.75 Å². The predicted molar refractivity (Wildman–Crippen MR) is 57.1 cm³/mol. The van der Waals surface area contributed by atoms with Crippen molar-refractivity contribution >= 4 is 22.3 Å². The van der Waals surface area contributed by atoms with Crippen LogP contribution in [0, 0.1) is 5.82 Å². The Balaban J connectivity index is 2.95. The van der Waals surface area contributed by atoms with Crippen molar-refractivity contribution in [2.75, 3.05) is 18.6 Å². The van der Waals surface area contributed by atoms with Gasteiger partial charge < -0.3 is 16.2 Å². The minimum absolute atomic E-state index is 0.168. The molecule has 0 bridgehead atoms. The smallest absolute Gasteiger partial charge is 0.149 e. The monoisotopic (exact) mass is 207 g/mol. The van der Waals surface area contributed by atoms with Crippen LogP contribution in [0.25, 0.3) is 10.9 Å². The van der Waals surface area contributed by atoms with E-state index in [-0.39, 0.29) is 11.2 Å². The Morgan fingerprint density at radius 1 is 1.33 bits per heavy atom. The molecule has 5 heteroatoms. The summed E-state index contributed by atoms with van der Waals surface area (Å²) < 4.78 is 18.5. The van der Waals surface area contributed by atoms with Crippen LogP contribution in [-0.2, 0) is 0 Å². The summed E-state index contributed by atoms with van der Waals surface area (Å²) in [6.07, 6.45) is 1.33. The fraction of sp³-hybridized carbons (Fsp3) is 0.100. The lowest BCUT2D eigenvalue weighted by Gasteiger charge is -2.09. The number of anilines is 2. The van der Waals surface area contributed by atoms with Crippen molar-refractivity contribution in [3.05, 3.63) is 24.1 Å². The highest BCUT2D eigenvalue weighted by molar-refractivity contribution is 6.00. The molecule has 1 heterocycles. The SMILES string of the molecule is COc1ccc(F)c2ncc(N)c(N)c12. The minimum Gasteiger partial charge on any atom is -0.496 e. The molecule has 0 fully saturated rings. The van der Waals surface area contributed by atoms with Crippen molar-refractivity contribution in [1.82, 2.24) is 4.98 Å². The van der Waals surface area contributed by atoms with Gasteiger partial charge in [-0.15, -0.1) is 0 Å². The van der Waals surface area contributed by atoms with Crippen molar-refractivity contribution in [3.63, 3.8) is 0 Å². The summed E-state index contributed by atoms with van der Waals surface area (Å²) in [4.78, 5) is 3.89. The van der Waals surface area contributed by atoms with E-state index >= 15 is 0 Å². The maximum absolute atomic E-state index is 13.4. The van der Waals surface area contributed by atoms with Crippen molar-refractivity contribution in [3.8, 4) is 5.75 Å². The number of nitrogens with zero attached hydrogens (tertiary/aromatic N) is 1. The van der Waals surface area contributed by atoms with Gasteiger partial charge in [-0.3, -0.25) is 4.98 Å². The van der Waals surface area contributed by atoms with E-state index in [1.165, 1.54) is 25.4 Å². The van der Waals surface area contributed by atoms with E-state index in [9.17, 15) is 4.39 Å². The van der Waals surface area contributed by atoms with Gasteiger partial charge in [0.1, 0.15) is 17.1 Å². The van der Waals surface area contributed by atoms with Gasteiger partial charge in [-0.05, 0) is 12.1 Å². The Kier molecular flexibility index (Phi) is 2.07. The summed E-state index contributed by atoms with van der Waals surface area (Å²) in [5.41, 5.74) is 12.1. The zero-order valence-electron chi connectivity index (χ0n) is 8.12. The van der Waals surface area contributed by atoms with E-state index in [1.807, 2.05) is 0 Å². The number of benzene rings is 1. The molecule has 0 aliphatic rings. The molecule has 0 saturated carbocycles. The molecule has 1 aromatic heterocycles. The van der Waals surface area contributed by atoms with Crippen LogP contribution < -0.4 is 16.2 Å². The second kappa shape index (κ2) is 3.27. The van der Waals surface area contributed by atoms with Crippen molar-refractivity contribution in [2.24, 2.45) is 0 Å². The summed E-state index contributed by atoms with van der Waals surface area (Å²) in [6.45, 7) is 0. The van der Waals surface area contributed by atoms with Gasteiger partial charge in [0.25, 0.3) is 0 Å². The zero-order chi connectivity index (χ0) is 11.0. The number of ether oxygens (including phenoxy) is 1. The molecule has 0 radical (unpaired) electrons. The van der Waals surface area contributed by atoms with Gasteiger partial charge in [-0.2, -0.15) is 0 Å². The van der Waals surface area contributed by atoms with Crippen LogP contribution in [0.3, 0.4) is 0 Å². The summed E-state index contributed by atoms with van der Waals surface area (Å²) in [7, 11) is 1.48. The maximum atomic E-state index is 13.4. The molecule has 0 unspecified atom stereocenters. The Hall–Kier alpha value is -2.04. The summed E-state index contributed by atoms with van der Waals surface area (Å²) >= 11 is 0. The first-order valence-corrected chi connectivity index (χ1v) is 4.31. The molecule has 1 aromatic carbocycles. The molecule has 15 heavy (non-hydrogen) atoms. The van der Waals surface area contributed by atoms with Gasteiger partial charge in [0.05, 0.1) is 30.1 Å². The van der Waals surface area contributed by atoms with Gasteiger partial charge in [0.15, 0.2) is 0 Å². The molecule has 0 aliphatic carbocycles. The van der Waals surface area contributed by atoms with E-state index in [2.05, 4.69) is 4.98 Å². The highest BCUT2D eigenvalue weighted by Gasteiger charge is 2.12. The number of hydrogen-bond acceptors (Lipinski definition) is 4. The highest BCUT2D eigenvalue weighted by atomic mass is 19.1. The molecule has 78 valence electrons. The van der Waals surface area contributed by atoms with Crippen LogP contribution in [0.15, 0.2) is 18.3 Å². The number of fused-ring (bicyclic) bond motifs is 1. The van der Waals surface area contributed by atoms with E-state index < -0.39 is 5.82 Å². The molecular formula is C10H10FN3O. The van der Waals surface area contributed by atoms with Gasteiger partial charge in [-0.25, -0.2) is 4.39 Å². The fourth-order valence-electron chi connectivity index (χ4n) is 1.45. The number of hydrogen-bond donors (Lipinski definition) is 2. The number of aromatic nitrogens is 1. The normalized spacial score (nSPS) is 10.5. The number of pyridine rings is 1. The second-order valence-electron chi connectivity index (χ2n) is 3.10. The third-order valence-electron chi connectivity index (χ3n) is 2.22. The van der Waals surface area contributed by atoms with Crippen LogP contribution in [0.1, 0.15) is 0 Å². The first-order valence-electron chi connectivity index (χ1n) is 4.31. The van der Waals surface area contributed by atoms with E-state index in [0.29, 0.717) is 16.8 Å². The third-order valence-corrected chi connectivity index (χ3v) is 2.22. The number of nitrogens with two attached hydrogens (primary N) is 2. The molecule has 4 nitrogen and oxygen atoms in total. The lowest BCUT2D eigenvalue weighted by atomic mass is 10.1. The lowest BCUT2D eigenvalue weighted by Crippen LogP contribution is -2.00. The molecule has 0 amide bonds. The van der Waals surface area contributed by atoms with Gasteiger partial charge in [0.2, 0.25) is 0 Å². The third kappa shape index (κ3) is 1.32. The summed E-state index contributed by atoms with van der Waals surface area (Å²) in [6, 6.07) is 2.78. The Bertz CT molecular complexity index is 528. The van der Waals surface area contributed by atoms with Crippen LogP contribution >= 0.6 is 0 Å². The Morgan fingerprint density at radius 3 is 2.73 bits per heavy atom. The van der Waals surface area contributed by atoms with Crippen LogP contribution in [0.2, 0.25) is 0 Å². The number of rotatable bonds is 1.